The van der Waals surface area contributed by atoms with Crippen molar-refractivity contribution < 1.29 is 22.7 Å². The van der Waals surface area contributed by atoms with Crippen molar-refractivity contribution in [2.75, 3.05) is 5.32 Å². The van der Waals surface area contributed by atoms with Gasteiger partial charge < -0.3 is 14.5 Å². The zero-order valence-corrected chi connectivity index (χ0v) is 14.5. The Morgan fingerprint density at radius 3 is 2.67 bits per heavy atom. The number of alkyl halides is 2. The molecule has 4 rings (SSSR count). The number of benzene rings is 2. The number of hydrogen-bond acceptors (Lipinski definition) is 5. The highest BCUT2D eigenvalue weighted by Crippen LogP contribution is 2.32. The van der Waals surface area contributed by atoms with E-state index in [4.69, 9.17) is 4.42 Å². The van der Waals surface area contributed by atoms with Crippen molar-refractivity contribution in [3.05, 3.63) is 66.4 Å². The van der Waals surface area contributed by atoms with Crippen LogP contribution in [0.3, 0.4) is 0 Å². The Morgan fingerprint density at radius 1 is 1.07 bits per heavy atom. The highest BCUT2D eigenvalue weighted by atomic mass is 32.1. The highest BCUT2D eigenvalue weighted by Gasteiger charge is 2.17. The zero-order valence-electron chi connectivity index (χ0n) is 13.7. The minimum atomic E-state index is -2.99. The van der Waals surface area contributed by atoms with Crippen molar-refractivity contribution in [2.24, 2.45) is 0 Å². The lowest BCUT2D eigenvalue weighted by Gasteiger charge is -2.10. The van der Waals surface area contributed by atoms with E-state index < -0.39 is 12.5 Å². The normalized spacial score (nSPS) is 11.1. The van der Waals surface area contributed by atoms with Gasteiger partial charge >= 0.3 is 6.61 Å². The maximum Gasteiger partial charge on any atom is 0.387 e. The van der Waals surface area contributed by atoms with Crippen molar-refractivity contribution in [1.82, 2.24) is 4.98 Å². The molecule has 0 unspecified atom stereocenters. The summed E-state index contributed by atoms with van der Waals surface area (Å²) in [6, 6.07) is 16.8. The first-order valence-corrected chi connectivity index (χ1v) is 8.73. The van der Waals surface area contributed by atoms with Gasteiger partial charge in [0, 0.05) is 0 Å². The average Bonchev–Trinajstić information content (AvgIpc) is 3.29. The van der Waals surface area contributed by atoms with Crippen LogP contribution in [-0.4, -0.2) is 17.5 Å². The summed E-state index contributed by atoms with van der Waals surface area (Å²) in [5, 5.41) is 3.17. The second kappa shape index (κ2) is 7.16. The van der Waals surface area contributed by atoms with E-state index >= 15 is 0 Å². The SMILES string of the molecule is O=C(Nc1ccccc1OC(F)F)c1ccc(-c2nc3ccccc3s2)o1. The molecule has 2 aromatic heterocycles. The monoisotopic (exact) mass is 386 g/mol. The number of anilines is 1. The number of aromatic nitrogens is 1. The number of hydrogen-bond donors (Lipinski definition) is 1. The van der Waals surface area contributed by atoms with Crippen LogP contribution in [0.1, 0.15) is 10.6 Å². The molecule has 0 fully saturated rings. The standard InChI is InChI=1S/C19H12F2N2O3S/c20-19(21)26-13-7-3-1-5-11(13)22-17(24)14-9-10-15(25-14)18-23-12-6-2-4-8-16(12)27-18/h1-10,19H,(H,22,24). The van der Waals surface area contributed by atoms with Gasteiger partial charge in [-0.15, -0.1) is 11.3 Å². The summed E-state index contributed by atoms with van der Waals surface area (Å²) in [6.07, 6.45) is 0. The van der Waals surface area contributed by atoms with Gasteiger partial charge in [0.1, 0.15) is 5.75 Å². The molecule has 0 aliphatic carbocycles. The summed E-state index contributed by atoms with van der Waals surface area (Å²) in [5.41, 5.74) is 0.971. The van der Waals surface area contributed by atoms with Gasteiger partial charge in [-0.2, -0.15) is 8.78 Å². The van der Waals surface area contributed by atoms with Gasteiger partial charge in [0.25, 0.3) is 5.91 Å². The lowest BCUT2D eigenvalue weighted by Crippen LogP contribution is -2.13. The quantitative estimate of drug-likeness (QED) is 0.498. The second-order valence-electron chi connectivity index (χ2n) is 5.48. The van der Waals surface area contributed by atoms with Gasteiger partial charge in [0.15, 0.2) is 16.5 Å². The van der Waals surface area contributed by atoms with Crippen molar-refractivity contribution in [2.45, 2.75) is 6.61 Å². The third-order valence-electron chi connectivity index (χ3n) is 3.69. The molecule has 4 aromatic rings. The first-order chi connectivity index (χ1) is 13.1. The maximum atomic E-state index is 12.5. The molecule has 1 N–H and O–H groups in total. The summed E-state index contributed by atoms with van der Waals surface area (Å²) in [5.74, 6) is -0.207. The van der Waals surface area contributed by atoms with Crippen LogP contribution < -0.4 is 10.1 Å². The molecule has 0 atom stereocenters. The minimum Gasteiger partial charge on any atom is -0.448 e. The number of amides is 1. The molecule has 136 valence electrons. The first-order valence-electron chi connectivity index (χ1n) is 7.91. The fourth-order valence-electron chi connectivity index (χ4n) is 2.51. The van der Waals surface area contributed by atoms with Crippen LogP contribution in [-0.2, 0) is 0 Å². The predicted octanol–water partition coefficient (Wildman–Crippen LogP) is 5.41. The average molecular weight is 386 g/mol. The summed E-state index contributed by atoms with van der Waals surface area (Å²) in [6.45, 7) is -2.99. The Hall–Kier alpha value is -3.26. The Kier molecular flexibility index (Phi) is 4.55. The van der Waals surface area contributed by atoms with E-state index in [1.165, 1.54) is 35.6 Å². The van der Waals surface area contributed by atoms with Crippen LogP contribution in [0.5, 0.6) is 5.75 Å². The molecule has 2 aromatic carbocycles. The lowest BCUT2D eigenvalue weighted by atomic mass is 10.3. The number of ether oxygens (including phenoxy) is 1. The molecule has 0 radical (unpaired) electrons. The fraction of sp³-hybridized carbons (Fsp3) is 0.0526. The van der Waals surface area contributed by atoms with E-state index in [2.05, 4.69) is 15.0 Å². The van der Waals surface area contributed by atoms with Gasteiger partial charge in [0.05, 0.1) is 15.9 Å². The topological polar surface area (TPSA) is 64.4 Å². The van der Waals surface area contributed by atoms with Crippen LogP contribution in [0.4, 0.5) is 14.5 Å². The van der Waals surface area contributed by atoms with Gasteiger partial charge in [-0.1, -0.05) is 24.3 Å². The summed E-state index contributed by atoms with van der Waals surface area (Å²) in [7, 11) is 0. The van der Waals surface area contributed by atoms with Gasteiger partial charge in [-0.05, 0) is 36.4 Å². The number of fused-ring (bicyclic) bond motifs is 1. The van der Waals surface area contributed by atoms with Crippen molar-refractivity contribution in [1.29, 1.82) is 0 Å². The third-order valence-corrected chi connectivity index (χ3v) is 4.74. The molecule has 0 aliphatic heterocycles. The molecule has 0 saturated carbocycles. The minimum absolute atomic E-state index is 0.0381. The number of thiazole rings is 1. The summed E-state index contributed by atoms with van der Waals surface area (Å²) >= 11 is 1.45. The summed E-state index contributed by atoms with van der Waals surface area (Å²) in [4.78, 5) is 16.9. The number of para-hydroxylation sites is 3. The fourth-order valence-corrected chi connectivity index (χ4v) is 3.43. The molecule has 27 heavy (non-hydrogen) atoms. The molecular formula is C19H12F2N2O3S. The molecule has 8 heteroatoms. The molecule has 1 amide bonds. The smallest absolute Gasteiger partial charge is 0.387 e. The van der Waals surface area contributed by atoms with Crippen molar-refractivity contribution in [3.8, 4) is 16.5 Å². The van der Waals surface area contributed by atoms with Crippen LogP contribution >= 0.6 is 11.3 Å². The number of nitrogens with zero attached hydrogens (tertiary/aromatic N) is 1. The van der Waals surface area contributed by atoms with E-state index in [-0.39, 0.29) is 17.2 Å². The number of furan rings is 1. The van der Waals surface area contributed by atoms with E-state index in [1.807, 2.05) is 24.3 Å². The Bertz CT molecular complexity index is 1070. The number of carbonyl (C=O) groups excluding carboxylic acids is 1. The van der Waals surface area contributed by atoms with Crippen LogP contribution in [0, 0.1) is 0 Å². The third kappa shape index (κ3) is 3.65. The van der Waals surface area contributed by atoms with Gasteiger partial charge in [-0.25, -0.2) is 4.98 Å². The van der Waals surface area contributed by atoms with Crippen LogP contribution in [0.2, 0.25) is 0 Å². The Balaban J connectivity index is 1.56. The van der Waals surface area contributed by atoms with E-state index in [0.29, 0.717) is 10.8 Å². The van der Waals surface area contributed by atoms with E-state index in [0.717, 1.165) is 10.2 Å². The highest BCUT2D eigenvalue weighted by molar-refractivity contribution is 7.21. The molecule has 0 aliphatic rings. The Labute approximate surface area is 156 Å². The largest absolute Gasteiger partial charge is 0.448 e. The summed E-state index contributed by atoms with van der Waals surface area (Å²) < 4.78 is 36.0. The second-order valence-corrected chi connectivity index (χ2v) is 6.51. The van der Waals surface area contributed by atoms with Gasteiger partial charge in [0.2, 0.25) is 0 Å². The molecule has 0 saturated heterocycles. The van der Waals surface area contributed by atoms with Crippen LogP contribution in [0.25, 0.3) is 21.0 Å². The molecule has 0 bridgehead atoms. The Morgan fingerprint density at radius 2 is 1.85 bits per heavy atom. The van der Waals surface area contributed by atoms with Crippen molar-refractivity contribution >= 4 is 33.1 Å². The predicted molar refractivity (Wildman–Crippen MR) is 98.3 cm³/mol. The van der Waals surface area contributed by atoms with Crippen molar-refractivity contribution in [3.63, 3.8) is 0 Å². The molecule has 2 heterocycles. The molecule has 0 spiro atoms. The van der Waals surface area contributed by atoms with Crippen LogP contribution in [0.15, 0.2) is 65.1 Å². The number of carbonyl (C=O) groups is 1. The maximum absolute atomic E-state index is 12.5. The number of rotatable bonds is 5. The molecular weight excluding hydrogens is 374 g/mol. The lowest BCUT2D eigenvalue weighted by molar-refractivity contribution is -0.0493. The molecule has 5 nitrogen and oxygen atoms in total. The zero-order chi connectivity index (χ0) is 18.8. The first kappa shape index (κ1) is 17.2. The van der Waals surface area contributed by atoms with E-state index in [9.17, 15) is 13.6 Å². The van der Waals surface area contributed by atoms with Gasteiger partial charge in [-0.3, -0.25) is 4.79 Å². The van der Waals surface area contributed by atoms with E-state index in [1.54, 1.807) is 12.1 Å². The number of nitrogens with one attached hydrogen (secondary N) is 1. The number of halogens is 2.